The second-order valence-corrected chi connectivity index (χ2v) is 11.3. The summed E-state index contributed by atoms with van der Waals surface area (Å²) in [5.41, 5.74) is 6.26. The molecule has 0 saturated carbocycles. The summed E-state index contributed by atoms with van der Waals surface area (Å²) in [4.78, 5) is 13.3. The zero-order valence-corrected chi connectivity index (χ0v) is 21.6. The molecule has 1 aliphatic rings. The molecule has 0 bridgehead atoms. The molecule has 33 heavy (non-hydrogen) atoms. The van der Waals surface area contributed by atoms with E-state index in [2.05, 4.69) is 38.1 Å². The first kappa shape index (κ1) is 26.0. The van der Waals surface area contributed by atoms with Crippen LogP contribution in [0.2, 0.25) is 0 Å². The minimum Gasteiger partial charge on any atom is -0.492 e. The summed E-state index contributed by atoms with van der Waals surface area (Å²) in [5.74, 6) is 1.16. The fourth-order valence-electron chi connectivity index (χ4n) is 4.65. The van der Waals surface area contributed by atoms with E-state index in [1.807, 2.05) is 13.8 Å². The van der Waals surface area contributed by atoms with Crippen LogP contribution < -0.4 is 9.64 Å². The average molecular weight is 515 g/mol. The predicted molar refractivity (Wildman–Crippen MR) is 135 cm³/mol. The van der Waals surface area contributed by atoms with Crippen LogP contribution in [-0.2, 0) is 6.42 Å². The van der Waals surface area contributed by atoms with E-state index in [0.717, 1.165) is 38.5 Å². The van der Waals surface area contributed by atoms with Crippen LogP contribution >= 0.6 is 34.8 Å². The number of nitrogens with zero attached hydrogens (tertiary/aromatic N) is 1. The molecule has 1 amide bonds. The Morgan fingerprint density at radius 2 is 1.82 bits per heavy atom. The van der Waals surface area contributed by atoms with Gasteiger partial charge in [0.15, 0.2) is 0 Å². The van der Waals surface area contributed by atoms with Gasteiger partial charge < -0.3 is 14.9 Å². The van der Waals surface area contributed by atoms with Crippen molar-refractivity contribution >= 4 is 46.6 Å². The molecule has 1 unspecified atom stereocenters. The fraction of sp³-hybridized carbons (Fsp3) is 0.480. The molecule has 1 atom stereocenters. The van der Waals surface area contributed by atoms with Crippen LogP contribution in [0.3, 0.4) is 0 Å². The highest BCUT2D eigenvalue weighted by molar-refractivity contribution is 6.68. The highest BCUT2D eigenvalue weighted by atomic mass is 35.6. The van der Waals surface area contributed by atoms with Crippen molar-refractivity contribution < 1.29 is 19.7 Å². The first-order valence-electron chi connectivity index (χ1n) is 11.0. The monoisotopic (exact) mass is 513 g/mol. The average Bonchev–Trinajstić information content (AvgIpc) is 3.17. The maximum atomic E-state index is 12.2. The molecule has 0 radical (unpaired) electrons. The molecule has 2 aromatic carbocycles. The Kier molecular flexibility index (Phi) is 8.11. The lowest BCUT2D eigenvalue weighted by Crippen LogP contribution is -2.38. The molecule has 180 valence electrons. The van der Waals surface area contributed by atoms with Crippen molar-refractivity contribution in [2.75, 3.05) is 24.7 Å². The molecule has 8 heteroatoms. The smallest absolute Gasteiger partial charge is 0.411 e. The molecule has 3 rings (SSSR count). The largest absolute Gasteiger partial charge is 0.492 e. The lowest BCUT2D eigenvalue weighted by atomic mass is 9.84. The van der Waals surface area contributed by atoms with E-state index in [4.69, 9.17) is 39.5 Å². The quantitative estimate of drug-likeness (QED) is 0.402. The van der Waals surface area contributed by atoms with Gasteiger partial charge in [-0.3, -0.25) is 4.90 Å². The maximum absolute atomic E-state index is 12.2. The molecule has 1 heterocycles. The van der Waals surface area contributed by atoms with Gasteiger partial charge in [-0.1, -0.05) is 72.9 Å². The van der Waals surface area contributed by atoms with Crippen molar-refractivity contribution in [3.63, 3.8) is 0 Å². The summed E-state index contributed by atoms with van der Waals surface area (Å²) in [5, 5.41) is 19.4. The Morgan fingerprint density at radius 1 is 1.18 bits per heavy atom. The zero-order valence-electron chi connectivity index (χ0n) is 19.3. The number of aliphatic hydroxyl groups excluding tert-OH is 1. The number of aliphatic hydroxyl groups is 1. The zero-order chi connectivity index (χ0) is 24.5. The van der Waals surface area contributed by atoms with E-state index >= 15 is 0 Å². The molecule has 0 aromatic heterocycles. The second-order valence-electron chi connectivity index (χ2n) is 8.82. The molecule has 0 fully saturated rings. The van der Waals surface area contributed by atoms with Gasteiger partial charge in [-0.2, -0.15) is 0 Å². The summed E-state index contributed by atoms with van der Waals surface area (Å²) < 4.78 is 4.43. The molecule has 1 aliphatic heterocycles. The van der Waals surface area contributed by atoms with Gasteiger partial charge in [0.25, 0.3) is 0 Å². The van der Waals surface area contributed by atoms with Crippen molar-refractivity contribution in [1.29, 1.82) is 0 Å². The topological polar surface area (TPSA) is 70.0 Å². The number of halogens is 3. The van der Waals surface area contributed by atoms with Gasteiger partial charge in [0.1, 0.15) is 5.75 Å². The van der Waals surface area contributed by atoms with Crippen LogP contribution in [0.15, 0.2) is 24.3 Å². The number of amides is 1. The molecular weight excluding hydrogens is 485 g/mol. The Balaban J connectivity index is 2.20. The number of fused-ring (bicyclic) bond motifs is 1. The van der Waals surface area contributed by atoms with Gasteiger partial charge in [-0.25, -0.2) is 4.79 Å². The van der Waals surface area contributed by atoms with Crippen LogP contribution in [0.25, 0.3) is 0 Å². The number of hydrogen-bond acceptors (Lipinski definition) is 3. The van der Waals surface area contributed by atoms with Crippen molar-refractivity contribution in [2.45, 2.75) is 56.2 Å². The van der Waals surface area contributed by atoms with Crippen LogP contribution in [-0.4, -0.2) is 39.9 Å². The number of carboxylic acid groups (broad SMARTS) is 1. The van der Waals surface area contributed by atoms with Gasteiger partial charge >= 0.3 is 6.09 Å². The summed E-state index contributed by atoms with van der Waals surface area (Å²) in [7, 11) is 0. The van der Waals surface area contributed by atoms with E-state index in [1.165, 1.54) is 5.56 Å². The summed E-state index contributed by atoms with van der Waals surface area (Å²) in [6.07, 6.45) is -0.111. The number of carbonyl (C=O) groups is 1. The lowest BCUT2D eigenvalue weighted by molar-refractivity contribution is 0.202. The van der Waals surface area contributed by atoms with E-state index in [-0.39, 0.29) is 19.1 Å². The van der Waals surface area contributed by atoms with Gasteiger partial charge in [-0.05, 0) is 60.4 Å². The number of anilines is 1. The number of alkyl halides is 3. The first-order valence-corrected chi connectivity index (χ1v) is 12.2. The Morgan fingerprint density at radius 3 is 2.33 bits per heavy atom. The van der Waals surface area contributed by atoms with E-state index in [1.54, 1.807) is 0 Å². The Hall–Kier alpha value is -1.66. The molecule has 0 aliphatic carbocycles. The molecule has 0 saturated heterocycles. The van der Waals surface area contributed by atoms with Crippen LogP contribution in [0, 0.1) is 13.8 Å². The Labute approximate surface area is 210 Å². The van der Waals surface area contributed by atoms with Crippen molar-refractivity contribution in [3.8, 4) is 5.75 Å². The molecule has 2 aromatic rings. The summed E-state index contributed by atoms with van der Waals surface area (Å²) in [6.45, 7) is 8.24. The molecular formula is C25H30Cl3NO4. The van der Waals surface area contributed by atoms with Gasteiger partial charge in [-0.15, -0.1) is 0 Å². The molecule has 2 N–H and O–H groups in total. The number of ether oxygens (including phenoxy) is 1. The number of benzene rings is 2. The van der Waals surface area contributed by atoms with E-state index < -0.39 is 9.89 Å². The normalized spacial score (nSPS) is 15.5. The van der Waals surface area contributed by atoms with Crippen molar-refractivity contribution in [1.82, 2.24) is 0 Å². The predicted octanol–water partition coefficient (Wildman–Crippen LogP) is 6.73. The van der Waals surface area contributed by atoms with Gasteiger partial charge in [0, 0.05) is 18.1 Å². The third kappa shape index (κ3) is 5.54. The highest BCUT2D eigenvalue weighted by Crippen LogP contribution is 2.49. The van der Waals surface area contributed by atoms with Crippen LogP contribution in [0.4, 0.5) is 10.5 Å². The van der Waals surface area contributed by atoms with Gasteiger partial charge in [0.2, 0.25) is 3.79 Å². The maximum Gasteiger partial charge on any atom is 0.411 e. The summed E-state index contributed by atoms with van der Waals surface area (Å²) in [6, 6.07) is 8.48. The standard InChI is InChI=1S/C25H30Cl3NO4/c1-14(2)17-7-9-18(10-8-17)20-12-33-23-19(6-5-11-30)15(3)22(16(4)21(20)23)29(24(31)32)13-25(26,27)28/h7-10,14,20,30H,5-6,11-13H2,1-4H3,(H,31,32). The summed E-state index contributed by atoms with van der Waals surface area (Å²) >= 11 is 18.0. The van der Waals surface area contributed by atoms with E-state index in [0.29, 0.717) is 31.1 Å². The minimum absolute atomic E-state index is 0.0221. The van der Waals surface area contributed by atoms with Crippen molar-refractivity contribution in [3.05, 3.63) is 57.6 Å². The second kappa shape index (κ2) is 10.3. The van der Waals surface area contributed by atoms with Gasteiger partial charge in [0.05, 0.1) is 18.8 Å². The number of hydrogen-bond donors (Lipinski definition) is 2. The first-order chi connectivity index (χ1) is 15.5. The van der Waals surface area contributed by atoms with E-state index in [9.17, 15) is 15.0 Å². The lowest BCUT2D eigenvalue weighted by Gasteiger charge is -2.29. The third-order valence-corrected chi connectivity index (χ3v) is 6.62. The fourth-order valence-corrected chi connectivity index (χ4v) is 5.01. The molecule has 5 nitrogen and oxygen atoms in total. The van der Waals surface area contributed by atoms with Crippen molar-refractivity contribution in [2.24, 2.45) is 0 Å². The number of rotatable bonds is 7. The van der Waals surface area contributed by atoms with Crippen LogP contribution in [0.1, 0.15) is 65.5 Å². The SMILES string of the molecule is Cc1c(CCCO)c2c(c(C)c1N(CC(Cl)(Cl)Cl)C(=O)O)C(c1ccc(C(C)C)cc1)CO2. The molecule has 0 spiro atoms. The highest BCUT2D eigenvalue weighted by Gasteiger charge is 2.37. The third-order valence-electron chi connectivity index (χ3n) is 6.26. The minimum atomic E-state index is -1.77. The Bertz CT molecular complexity index is 1020. The van der Waals surface area contributed by atoms with Crippen LogP contribution in [0.5, 0.6) is 5.75 Å².